The van der Waals surface area contributed by atoms with Crippen molar-refractivity contribution in [2.24, 2.45) is 17.8 Å². The van der Waals surface area contributed by atoms with Crippen LogP contribution in [0.5, 0.6) is 5.75 Å². The summed E-state index contributed by atoms with van der Waals surface area (Å²) in [5.41, 5.74) is 1.70. The summed E-state index contributed by atoms with van der Waals surface area (Å²) >= 11 is 1.28. The molecular weight excluding hydrogens is 498 g/mol. The number of urea groups is 1. The molecule has 4 fully saturated rings. The molecule has 4 aliphatic rings. The van der Waals surface area contributed by atoms with Crippen LogP contribution < -0.4 is 20.7 Å². The molecule has 3 aromatic rings. The Labute approximate surface area is 226 Å². The van der Waals surface area contributed by atoms with Gasteiger partial charge in [0, 0.05) is 17.5 Å². The fourth-order valence-electron chi connectivity index (χ4n) is 7.10. The zero-order valence-electron chi connectivity index (χ0n) is 21.5. The standard InChI is InChI=1S/C29H33N5O3S/c1-37-23-9-5-8-22(14-23)26-33-34-28(38-26)31-25(35)24(13-18-6-3-2-4-7-18)30-27(36)32-29-15-19-10-20(16-29)12-21(11-19)17-29/h2-9,14,19-21,24H,10-13,15-17H2,1H3,(H2,30,32,36)(H,31,34,35). The van der Waals surface area contributed by atoms with E-state index < -0.39 is 6.04 Å². The first kappa shape index (κ1) is 24.9. The molecule has 7 rings (SSSR count). The summed E-state index contributed by atoms with van der Waals surface area (Å²) in [6.45, 7) is 0. The fourth-order valence-corrected chi connectivity index (χ4v) is 7.84. The van der Waals surface area contributed by atoms with Crippen molar-refractivity contribution < 1.29 is 14.3 Å². The Kier molecular flexibility index (Phi) is 6.78. The maximum Gasteiger partial charge on any atom is 0.315 e. The zero-order valence-corrected chi connectivity index (χ0v) is 22.3. The van der Waals surface area contributed by atoms with E-state index in [1.165, 1.54) is 30.6 Å². The molecule has 1 atom stereocenters. The second-order valence-corrected chi connectivity index (χ2v) is 12.1. The van der Waals surface area contributed by atoms with Crippen LogP contribution in [-0.4, -0.2) is 40.8 Å². The number of hydrogen-bond donors (Lipinski definition) is 3. The first-order valence-electron chi connectivity index (χ1n) is 13.4. The molecule has 2 aromatic carbocycles. The van der Waals surface area contributed by atoms with E-state index in [4.69, 9.17) is 4.74 Å². The largest absolute Gasteiger partial charge is 0.497 e. The van der Waals surface area contributed by atoms with Gasteiger partial charge in [0.15, 0.2) is 0 Å². The van der Waals surface area contributed by atoms with Gasteiger partial charge in [-0.25, -0.2) is 4.79 Å². The summed E-state index contributed by atoms with van der Waals surface area (Å²) in [6, 6.07) is 16.3. The van der Waals surface area contributed by atoms with Crippen molar-refractivity contribution in [2.45, 2.75) is 56.5 Å². The molecule has 0 spiro atoms. The highest BCUT2D eigenvalue weighted by Gasteiger charge is 2.51. The maximum atomic E-state index is 13.4. The minimum absolute atomic E-state index is 0.128. The van der Waals surface area contributed by atoms with Crippen molar-refractivity contribution in [2.75, 3.05) is 12.4 Å². The molecule has 0 aliphatic heterocycles. The lowest BCUT2D eigenvalue weighted by Gasteiger charge is -2.56. The number of nitrogens with one attached hydrogen (secondary N) is 3. The summed E-state index contributed by atoms with van der Waals surface area (Å²) in [5, 5.41) is 18.7. The summed E-state index contributed by atoms with van der Waals surface area (Å²) in [4.78, 5) is 26.7. The monoisotopic (exact) mass is 531 g/mol. The summed E-state index contributed by atoms with van der Waals surface area (Å²) < 4.78 is 5.30. The topological polar surface area (TPSA) is 105 Å². The van der Waals surface area contributed by atoms with Crippen LogP contribution in [0, 0.1) is 17.8 Å². The van der Waals surface area contributed by atoms with Gasteiger partial charge in [0.1, 0.15) is 16.8 Å². The molecular formula is C29H33N5O3S. The van der Waals surface area contributed by atoms with E-state index in [1.807, 2.05) is 54.6 Å². The molecule has 198 valence electrons. The van der Waals surface area contributed by atoms with E-state index in [9.17, 15) is 9.59 Å². The van der Waals surface area contributed by atoms with E-state index in [0.717, 1.165) is 53.9 Å². The molecule has 9 heteroatoms. The molecule has 38 heavy (non-hydrogen) atoms. The van der Waals surface area contributed by atoms with Gasteiger partial charge < -0.3 is 15.4 Å². The third kappa shape index (κ3) is 5.38. The van der Waals surface area contributed by atoms with E-state index in [2.05, 4.69) is 26.1 Å². The zero-order chi connectivity index (χ0) is 26.1. The van der Waals surface area contributed by atoms with Gasteiger partial charge in [0.2, 0.25) is 11.0 Å². The summed E-state index contributed by atoms with van der Waals surface area (Å²) in [7, 11) is 1.62. The van der Waals surface area contributed by atoms with Crippen LogP contribution in [0.1, 0.15) is 44.1 Å². The van der Waals surface area contributed by atoms with Crippen molar-refractivity contribution >= 4 is 28.4 Å². The van der Waals surface area contributed by atoms with Gasteiger partial charge in [-0.3, -0.25) is 10.1 Å². The van der Waals surface area contributed by atoms with Crippen LogP contribution in [0.3, 0.4) is 0 Å². The van der Waals surface area contributed by atoms with Gasteiger partial charge >= 0.3 is 6.03 Å². The third-order valence-electron chi connectivity index (χ3n) is 8.29. The van der Waals surface area contributed by atoms with Gasteiger partial charge in [-0.1, -0.05) is 53.8 Å². The summed E-state index contributed by atoms with van der Waals surface area (Å²) in [5.74, 6) is 2.58. The van der Waals surface area contributed by atoms with Crippen LogP contribution in [0.15, 0.2) is 54.6 Å². The van der Waals surface area contributed by atoms with Gasteiger partial charge in [-0.2, -0.15) is 0 Å². The molecule has 4 saturated carbocycles. The van der Waals surface area contributed by atoms with E-state index in [-0.39, 0.29) is 17.5 Å². The number of benzene rings is 2. The molecule has 1 heterocycles. The van der Waals surface area contributed by atoms with Gasteiger partial charge in [-0.05, 0) is 74.0 Å². The lowest BCUT2D eigenvalue weighted by Crippen LogP contribution is -2.62. The highest BCUT2D eigenvalue weighted by molar-refractivity contribution is 7.18. The van der Waals surface area contributed by atoms with E-state index in [0.29, 0.717) is 16.6 Å². The maximum absolute atomic E-state index is 13.4. The number of rotatable bonds is 8. The fraction of sp³-hybridized carbons (Fsp3) is 0.448. The second-order valence-electron chi connectivity index (χ2n) is 11.2. The minimum atomic E-state index is -0.754. The predicted molar refractivity (Wildman–Crippen MR) is 147 cm³/mol. The first-order valence-corrected chi connectivity index (χ1v) is 14.2. The number of carbonyl (C=O) groups is 2. The van der Waals surface area contributed by atoms with E-state index >= 15 is 0 Å². The SMILES string of the molecule is COc1cccc(-c2nnc(NC(=O)C(Cc3ccccc3)NC(=O)NC34CC5CC(CC(C5)C3)C4)s2)c1. The van der Waals surface area contributed by atoms with Crippen LogP contribution in [0.2, 0.25) is 0 Å². The first-order chi connectivity index (χ1) is 18.5. The number of methoxy groups -OCH3 is 1. The molecule has 4 bridgehead atoms. The quantitative estimate of drug-likeness (QED) is 0.378. The molecule has 0 radical (unpaired) electrons. The Morgan fingerprint density at radius 2 is 1.71 bits per heavy atom. The Morgan fingerprint density at radius 1 is 1.00 bits per heavy atom. The summed E-state index contributed by atoms with van der Waals surface area (Å²) in [6.07, 6.45) is 7.46. The van der Waals surface area contributed by atoms with Crippen LogP contribution >= 0.6 is 11.3 Å². The van der Waals surface area contributed by atoms with Gasteiger partial charge in [0.05, 0.1) is 7.11 Å². The van der Waals surface area contributed by atoms with Gasteiger partial charge in [0.25, 0.3) is 0 Å². The highest BCUT2D eigenvalue weighted by Crippen LogP contribution is 2.55. The molecule has 8 nitrogen and oxygen atoms in total. The van der Waals surface area contributed by atoms with Crippen LogP contribution in [0.4, 0.5) is 9.93 Å². The number of ether oxygens (including phenoxy) is 1. The second kappa shape index (κ2) is 10.4. The Balaban J connectivity index is 1.15. The molecule has 3 amide bonds. The smallest absolute Gasteiger partial charge is 0.315 e. The highest BCUT2D eigenvalue weighted by atomic mass is 32.1. The third-order valence-corrected chi connectivity index (χ3v) is 9.18. The van der Waals surface area contributed by atoms with Crippen molar-refractivity contribution in [3.63, 3.8) is 0 Å². The van der Waals surface area contributed by atoms with Crippen molar-refractivity contribution in [1.82, 2.24) is 20.8 Å². The minimum Gasteiger partial charge on any atom is -0.497 e. The Bertz CT molecular complexity index is 1280. The van der Waals surface area contributed by atoms with Crippen LogP contribution in [-0.2, 0) is 11.2 Å². The Morgan fingerprint density at radius 3 is 2.39 bits per heavy atom. The lowest BCUT2D eigenvalue weighted by molar-refractivity contribution is -0.118. The van der Waals surface area contributed by atoms with Gasteiger partial charge in [-0.15, -0.1) is 10.2 Å². The number of anilines is 1. The number of carbonyl (C=O) groups excluding carboxylic acids is 2. The average molecular weight is 532 g/mol. The number of hydrogen-bond acceptors (Lipinski definition) is 6. The predicted octanol–water partition coefficient (Wildman–Crippen LogP) is 5.03. The van der Waals surface area contributed by atoms with Crippen molar-refractivity contribution in [3.05, 3.63) is 60.2 Å². The molecule has 1 aromatic heterocycles. The molecule has 4 aliphatic carbocycles. The average Bonchev–Trinajstić information content (AvgIpc) is 3.36. The van der Waals surface area contributed by atoms with Crippen molar-refractivity contribution in [3.8, 4) is 16.3 Å². The number of amides is 3. The molecule has 1 unspecified atom stereocenters. The number of nitrogens with zero attached hydrogens (tertiary/aromatic N) is 2. The Hall–Kier alpha value is -3.46. The molecule has 3 N–H and O–H groups in total. The number of aromatic nitrogens is 2. The normalized spacial score (nSPS) is 26.0. The van der Waals surface area contributed by atoms with Crippen LogP contribution in [0.25, 0.3) is 10.6 Å². The van der Waals surface area contributed by atoms with Crippen molar-refractivity contribution in [1.29, 1.82) is 0 Å². The molecule has 0 saturated heterocycles. The van der Waals surface area contributed by atoms with E-state index in [1.54, 1.807) is 7.11 Å². The lowest BCUT2D eigenvalue weighted by atomic mass is 9.53.